The van der Waals surface area contributed by atoms with Crippen LogP contribution in [0, 0.1) is 5.82 Å². The van der Waals surface area contributed by atoms with Gasteiger partial charge in [0.05, 0.1) is 13.2 Å². The molecule has 0 saturated heterocycles. The van der Waals surface area contributed by atoms with Gasteiger partial charge in [-0.25, -0.2) is 9.38 Å². The molecule has 1 aromatic heterocycles. The number of rotatable bonds is 6. The molecule has 0 unspecified atom stereocenters. The molecule has 0 spiro atoms. The number of carbonyl (C=O) groups is 1. The number of nitrogens with one attached hydrogen (secondary N) is 2. The van der Waals surface area contributed by atoms with Gasteiger partial charge in [-0.3, -0.25) is 15.1 Å². The van der Waals surface area contributed by atoms with Gasteiger partial charge in [-0.2, -0.15) is 0 Å². The van der Waals surface area contributed by atoms with E-state index in [9.17, 15) is 9.18 Å². The van der Waals surface area contributed by atoms with Gasteiger partial charge >= 0.3 is 0 Å². The Kier molecular flexibility index (Phi) is 6.89. The Balaban J connectivity index is 1.77. The van der Waals surface area contributed by atoms with Crippen molar-refractivity contribution in [1.29, 1.82) is 0 Å². The number of benzene rings is 2. The average Bonchev–Trinajstić information content (AvgIpc) is 2.73. The Morgan fingerprint density at radius 2 is 1.97 bits per heavy atom. The molecule has 1 amide bonds. The van der Waals surface area contributed by atoms with Crippen molar-refractivity contribution < 1.29 is 13.9 Å². The summed E-state index contributed by atoms with van der Waals surface area (Å²) in [6.45, 7) is 2.74. The molecule has 0 fully saturated rings. The molecular formula is C22H21FN4O2. The van der Waals surface area contributed by atoms with Gasteiger partial charge in [-0.1, -0.05) is 12.1 Å². The zero-order chi connectivity index (χ0) is 20.5. The van der Waals surface area contributed by atoms with Gasteiger partial charge in [-0.05, 0) is 61.0 Å². The summed E-state index contributed by atoms with van der Waals surface area (Å²) in [6, 6.07) is 16.4. The van der Waals surface area contributed by atoms with Crippen LogP contribution in [0.4, 0.5) is 10.1 Å². The van der Waals surface area contributed by atoms with Crippen LogP contribution in [0.5, 0.6) is 5.75 Å². The Morgan fingerprint density at radius 3 is 2.66 bits per heavy atom. The smallest absolute Gasteiger partial charge is 0.257 e. The number of hydrogen-bond acceptors (Lipinski definition) is 4. The highest BCUT2D eigenvalue weighted by Crippen LogP contribution is 2.13. The maximum atomic E-state index is 13.5. The maximum Gasteiger partial charge on any atom is 0.257 e. The number of carbonyl (C=O) groups excluding carboxylic acids is 1. The minimum Gasteiger partial charge on any atom is -0.494 e. The maximum absolute atomic E-state index is 13.5. The molecular weight excluding hydrogens is 371 g/mol. The molecule has 0 radical (unpaired) electrons. The van der Waals surface area contributed by atoms with Gasteiger partial charge in [0, 0.05) is 23.6 Å². The molecule has 7 heteroatoms. The molecule has 0 aliphatic heterocycles. The molecule has 6 nitrogen and oxygen atoms in total. The summed E-state index contributed by atoms with van der Waals surface area (Å²) in [7, 11) is 0. The molecule has 2 aromatic carbocycles. The summed E-state index contributed by atoms with van der Waals surface area (Å²) in [5.41, 5.74) is 1.80. The standard InChI is InChI=1S/C22H21FN4O2/c1-2-29-20-10-8-17(9-11-20)21(28)27-22(25-15-16-5-4-12-24-14-16)26-19-7-3-6-18(23)13-19/h3-14H,2,15H2,1H3,(H2,25,26,27,28). The third-order valence-electron chi connectivity index (χ3n) is 3.89. The molecule has 0 aliphatic carbocycles. The van der Waals surface area contributed by atoms with E-state index in [-0.39, 0.29) is 17.7 Å². The fourth-order valence-corrected chi connectivity index (χ4v) is 2.52. The van der Waals surface area contributed by atoms with Gasteiger partial charge < -0.3 is 10.1 Å². The molecule has 1 heterocycles. The third kappa shape index (κ3) is 6.14. The molecule has 29 heavy (non-hydrogen) atoms. The van der Waals surface area contributed by atoms with Crippen LogP contribution in [0.15, 0.2) is 78.0 Å². The number of pyridine rings is 1. The Labute approximate surface area is 168 Å². The van der Waals surface area contributed by atoms with Gasteiger partial charge in [0.1, 0.15) is 11.6 Å². The van der Waals surface area contributed by atoms with Crippen LogP contribution in [0.1, 0.15) is 22.8 Å². The van der Waals surface area contributed by atoms with Crippen LogP contribution < -0.4 is 15.4 Å². The minimum absolute atomic E-state index is 0.207. The van der Waals surface area contributed by atoms with Crippen molar-refractivity contribution >= 4 is 17.6 Å². The highest BCUT2D eigenvalue weighted by molar-refractivity contribution is 6.09. The summed E-state index contributed by atoms with van der Waals surface area (Å²) in [4.78, 5) is 21.1. The fraction of sp³-hybridized carbons (Fsp3) is 0.136. The van der Waals surface area contributed by atoms with E-state index in [1.54, 1.807) is 48.8 Å². The van der Waals surface area contributed by atoms with Crippen LogP contribution in [-0.2, 0) is 6.54 Å². The largest absolute Gasteiger partial charge is 0.494 e. The average molecular weight is 392 g/mol. The summed E-state index contributed by atoms with van der Waals surface area (Å²) < 4.78 is 18.9. The first-order valence-electron chi connectivity index (χ1n) is 9.14. The number of aromatic nitrogens is 1. The lowest BCUT2D eigenvalue weighted by Crippen LogP contribution is -2.36. The topological polar surface area (TPSA) is 75.6 Å². The number of anilines is 1. The van der Waals surface area contributed by atoms with Crippen molar-refractivity contribution in [1.82, 2.24) is 10.3 Å². The number of guanidine groups is 1. The normalized spacial score (nSPS) is 11.0. The Morgan fingerprint density at radius 1 is 1.14 bits per heavy atom. The van der Waals surface area contributed by atoms with Crippen LogP contribution in [0.2, 0.25) is 0 Å². The summed E-state index contributed by atoms with van der Waals surface area (Å²) >= 11 is 0. The van der Waals surface area contributed by atoms with Crippen LogP contribution in [0.25, 0.3) is 0 Å². The summed E-state index contributed by atoms with van der Waals surface area (Å²) in [5.74, 6) is 0.159. The van der Waals surface area contributed by atoms with E-state index < -0.39 is 0 Å². The quantitative estimate of drug-likeness (QED) is 0.491. The zero-order valence-corrected chi connectivity index (χ0v) is 15.9. The zero-order valence-electron chi connectivity index (χ0n) is 15.9. The lowest BCUT2D eigenvalue weighted by atomic mass is 10.2. The van der Waals surface area contributed by atoms with Crippen molar-refractivity contribution in [2.75, 3.05) is 11.9 Å². The highest BCUT2D eigenvalue weighted by atomic mass is 19.1. The fourth-order valence-electron chi connectivity index (χ4n) is 2.52. The Hall–Kier alpha value is -3.74. The predicted octanol–water partition coefficient (Wildman–Crippen LogP) is 4.02. The first-order chi connectivity index (χ1) is 14.1. The monoisotopic (exact) mass is 392 g/mol. The second kappa shape index (κ2) is 9.98. The van der Waals surface area contributed by atoms with Crippen LogP contribution in [0.3, 0.4) is 0 Å². The first kappa shape index (κ1) is 20.0. The molecule has 0 saturated carbocycles. The molecule has 3 aromatic rings. The molecule has 0 bridgehead atoms. The van der Waals surface area contributed by atoms with E-state index >= 15 is 0 Å². The van der Waals surface area contributed by atoms with Crippen LogP contribution >= 0.6 is 0 Å². The number of hydrogen-bond donors (Lipinski definition) is 2. The molecule has 0 atom stereocenters. The number of aliphatic imine (C=N–C) groups is 1. The SMILES string of the molecule is CCOc1ccc(C(=O)NC(=NCc2cccnc2)Nc2cccc(F)c2)cc1. The van der Waals surface area contributed by atoms with E-state index in [1.807, 2.05) is 19.1 Å². The van der Waals surface area contributed by atoms with Crippen molar-refractivity contribution in [2.24, 2.45) is 4.99 Å². The van der Waals surface area contributed by atoms with Crippen molar-refractivity contribution in [2.45, 2.75) is 13.5 Å². The van der Waals surface area contributed by atoms with E-state index in [0.29, 0.717) is 30.2 Å². The predicted molar refractivity (Wildman–Crippen MR) is 110 cm³/mol. The second-order valence-corrected chi connectivity index (χ2v) is 6.07. The molecule has 3 rings (SSSR count). The van der Waals surface area contributed by atoms with Gasteiger partial charge in [-0.15, -0.1) is 0 Å². The van der Waals surface area contributed by atoms with Crippen LogP contribution in [-0.4, -0.2) is 23.5 Å². The lowest BCUT2D eigenvalue weighted by Gasteiger charge is -2.12. The van der Waals surface area contributed by atoms with Crippen molar-refractivity contribution in [3.05, 3.63) is 90.0 Å². The van der Waals surface area contributed by atoms with E-state index in [2.05, 4.69) is 20.6 Å². The summed E-state index contributed by atoms with van der Waals surface area (Å²) in [5, 5.41) is 5.69. The molecule has 0 aliphatic rings. The number of nitrogens with zero attached hydrogens (tertiary/aromatic N) is 2. The van der Waals surface area contributed by atoms with Gasteiger partial charge in [0.15, 0.2) is 0 Å². The first-order valence-corrected chi connectivity index (χ1v) is 9.14. The van der Waals surface area contributed by atoms with E-state index in [1.165, 1.54) is 12.1 Å². The van der Waals surface area contributed by atoms with Crippen molar-refractivity contribution in [3.8, 4) is 5.75 Å². The summed E-state index contributed by atoms with van der Waals surface area (Å²) in [6.07, 6.45) is 3.37. The highest BCUT2D eigenvalue weighted by Gasteiger charge is 2.10. The second-order valence-electron chi connectivity index (χ2n) is 6.07. The van der Waals surface area contributed by atoms with Gasteiger partial charge in [0.25, 0.3) is 5.91 Å². The number of ether oxygens (including phenoxy) is 1. The number of halogens is 1. The van der Waals surface area contributed by atoms with E-state index in [0.717, 1.165) is 5.56 Å². The van der Waals surface area contributed by atoms with E-state index in [4.69, 9.17) is 4.74 Å². The molecule has 148 valence electrons. The lowest BCUT2D eigenvalue weighted by molar-refractivity contribution is 0.0977. The van der Waals surface area contributed by atoms with Crippen molar-refractivity contribution in [3.63, 3.8) is 0 Å². The van der Waals surface area contributed by atoms with Gasteiger partial charge in [0.2, 0.25) is 5.96 Å². The minimum atomic E-state index is -0.389. The molecule has 2 N–H and O–H groups in total. The number of amides is 1. The Bertz CT molecular complexity index is 976. The third-order valence-corrected chi connectivity index (χ3v) is 3.89.